The summed E-state index contributed by atoms with van der Waals surface area (Å²) in [5, 5.41) is 8.69. The van der Waals surface area contributed by atoms with Gasteiger partial charge in [-0.3, -0.25) is 14.4 Å². The highest BCUT2D eigenvalue weighted by Gasteiger charge is 2.23. The van der Waals surface area contributed by atoms with Crippen LogP contribution in [-0.2, 0) is 20.8 Å². The lowest BCUT2D eigenvalue weighted by atomic mass is 10.1. The molecule has 39 heavy (non-hydrogen) atoms. The quantitative estimate of drug-likeness (QED) is 0.221. The Kier molecular flexibility index (Phi) is 16.9. The Morgan fingerprint density at radius 2 is 1.79 bits per heavy atom. The zero-order valence-electron chi connectivity index (χ0n) is 24.0. The molecule has 0 spiro atoms. The minimum atomic E-state index is -0.361. The van der Waals surface area contributed by atoms with E-state index in [4.69, 9.17) is 4.74 Å². The molecule has 0 aromatic heterocycles. The fourth-order valence-corrected chi connectivity index (χ4v) is 3.78. The molecule has 9 heteroatoms. The number of carbonyl (C=O) groups is 3. The first kappa shape index (κ1) is 33.6. The Morgan fingerprint density at radius 3 is 2.41 bits per heavy atom. The summed E-state index contributed by atoms with van der Waals surface area (Å²) in [4.78, 5) is 36.4. The summed E-state index contributed by atoms with van der Waals surface area (Å²) in [6, 6.07) is 13.9. The smallest absolute Gasteiger partial charge is 0.239 e. The number of amides is 3. The van der Waals surface area contributed by atoms with Crippen LogP contribution in [0.1, 0.15) is 51.2 Å². The number of hydrogen-bond acceptors (Lipinski definition) is 5. The summed E-state index contributed by atoms with van der Waals surface area (Å²) >= 11 is 0. The second-order valence-corrected chi connectivity index (χ2v) is 9.40. The van der Waals surface area contributed by atoms with Gasteiger partial charge in [0.1, 0.15) is 17.7 Å². The van der Waals surface area contributed by atoms with Crippen molar-refractivity contribution in [1.29, 1.82) is 0 Å². The van der Waals surface area contributed by atoms with Crippen molar-refractivity contribution in [3.8, 4) is 5.75 Å². The maximum absolute atomic E-state index is 12.8. The van der Waals surface area contributed by atoms with E-state index >= 15 is 0 Å². The van der Waals surface area contributed by atoms with E-state index in [1.165, 1.54) is 17.0 Å². The molecule has 2 aromatic carbocycles. The number of benzene rings is 2. The van der Waals surface area contributed by atoms with E-state index in [0.29, 0.717) is 32.5 Å². The van der Waals surface area contributed by atoms with Crippen molar-refractivity contribution in [2.24, 2.45) is 0 Å². The number of ether oxygens (including phenoxy) is 1. The summed E-state index contributed by atoms with van der Waals surface area (Å²) in [5.41, 5.74) is 2.18. The molecule has 0 radical (unpaired) electrons. The molecule has 0 bridgehead atoms. The van der Waals surface area contributed by atoms with E-state index in [-0.39, 0.29) is 36.3 Å². The summed E-state index contributed by atoms with van der Waals surface area (Å²) in [5.74, 6) is 0.388. The van der Waals surface area contributed by atoms with Gasteiger partial charge in [-0.15, -0.1) is 0 Å². The van der Waals surface area contributed by atoms with Crippen molar-refractivity contribution < 1.29 is 23.5 Å². The van der Waals surface area contributed by atoms with Crippen LogP contribution in [0.5, 0.6) is 5.75 Å². The van der Waals surface area contributed by atoms with E-state index < -0.39 is 0 Å². The molecular formula is C30H45FN4O4. The number of nitrogens with zero attached hydrogens (tertiary/aromatic N) is 1. The van der Waals surface area contributed by atoms with Crippen molar-refractivity contribution >= 4 is 18.2 Å². The molecule has 2 rings (SSSR count). The second-order valence-electron chi connectivity index (χ2n) is 9.40. The number of hydrogen-bond donors (Lipinski definition) is 3. The SMILES string of the molecule is CCCC(NC[C@@H](C)Oc1ccccc1CCCNC=O)C(=O)N(C)CC(=O)NCC.Cc1ccc(F)cc1. The Hall–Kier alpha value is -3.46. The number of likely N-dealkylation sites (N-methyl/N-ethyl adjacent to an activating group) is 2. The number of rotatable bonds is 16. The molecule has 0 heterocycles. The lowest BCUT2D eigenvalue weighted by molar-refractivity contribution is -0.136. The van der Waals surface area contributed by atoms with Gasteiger partial charge in [-0.05, 0) is 63.8 Å². The molecule has 216 valence electrons. The van der Waals surface area contributed by atoms with Crippen LogP contribution in [0.3, 0.4) is 0 Å². The lowest BCUT2D eigenvalue weighted by Crippen LogP contribution is -2.49. The third-order valence-corrected chi connectivity index (χ3v) is 5.82. The highest BCUT2D eigenvalue weighted by molar-refractivity contribution is 5.87. The van der Waals surface area contributed by atoms with Crippen molar-refractivity contribution in [2.75, 3.05) is 33.2 Å². The van der Waals surface area contributed by atoms with E-state index in [9.17, 15) is 18.8 Å². The van der Waals surface area contributed by atoms with Crippen molar-refractivity contribution in [3.63, 3.8) is 0 Å². The molecule has 2 aromatic rings. The zero-order valence-corrected chi connectivity index (χ0v) is 24.0. The van der Waals surface area contributed by atoms with Gasteiger partial charge in [0, 0.05) is 26.7 Å². The normalized spacial score (nSPS) is 11.8. The molecule has 0 aliphatic rings. The molecule has 1 unspecified atom stereocenters. The van der Waals surface area contributed by atoms with Gasteiger partial charge in [-0.1, -0.05) is 49.2 Å². The summed E-state index contributed by atoms with van der Waals surface area (Å²) in [7, 11) is 1.65. The third-order valence-electron chi connectivity index (χ3n) is 5.82. The van der Waals surface area contributed by atoms with E-state index in [2.05, 4.69) is 16.0 Å². The zero-order chi connectivity index (χ0) is 29.0. The first-order valence-electron chi connectivity index (χ1n) is 13.6. The van der Waals surface area contributed by atoms with Crippen LogP contribution >= 0.6 is 0 Å². The van der Waals surface area contributed by atoms with Crippen LogP contribution in [0, 0.1) is 12.7 Å². The van der Waals surface area contributed by atoms with E-state index in [1.807, 2.05) is 52.0 Å². The number of aryl methyl sites for hydroxylation is 2. The Balaban J connectivity index is 0.000000806. The first-order valence-corrected chi connectivity index (χ1v) is 13.6. The topological polar surface area (TPSA) is 99.8 Å². The first-order chi connectivity index (χ1) is 18.7. The summed E-state index contributed by atoms with van der Waals surface area (Å²) < 4.78 is 18.2. The van der Waals surface area contributed by atoms with Crippen LogP contribution in [0.4, 0.5) is 4.39 Å². The molecular weight excluding hydrogens is 499 g/mol. The fourth-order valence-electron chi connectivity index (χ4n) is 3.78. The Morgan fingerprint density at radius 1 is 1.10 bits per heavy atom. The maximum Gasteiger partial charge on any atom is 0.239 e. The van der Waals surface area contributed by atoms with Crippen LogP contribution in [0.25, 0.3) is 0 Å². The largest absolute Gasteiger partial charge is 0.489 e. The molecule has 3 amide bonds. The van der Waals surface area contributed by atoms with Crippen LogP contribution in [-0.4, -0.2) is 68.5 Å². The average Bonchev–Trinajstić information content (AvgIpc) is 2.91. The van der Waals surface area contributed by atoms with Crippen molar-refractivity contribution in [2.45, 2.75) is 65.5 Å². The van der Waals surface area contributed by atoms with Crippen molar-refractivity contribution in [1.82, 2.24) is 20.9 Å². The number of carbonyl (C=O) groups excluding carboxylic acids is 3. The van der Waals surface area contributed by atoms with Gasteiger partial charge in [-0.25, -0.2) is 4.39 Å². The van der Waals surface area contributed by atoms with Crippen molar-refractivity contribution in [3.05, 3.63) is 65.5 Å². The minimum Gasteiger partial charge on any atom is -0.489 e. The standard InChI is InChI=1S/C23H38N4O4.C7H7F/c1-5-10-20(23(30)27(4)16-22(29)25-6-2)26-15-18(3)31-21-13-8-7-11-19(21)12-9-14-24-17-28;1-6-2-4-7(8)5-3-6/h7-8,11,13,17-18,20,26H,5-6,9-10,12,14-16H2,1-4H3,(H,24,28)(H,25,29);2-5H,1H3/t18-,20?;/m1./s1. The predicted octanol–water partition coefficient (Wildman–Crippen LogP) is 3.62. The number of nitrogens with one attached hydrogen (secondary N) is 3. The van der Waals surface area contributed by atoms with Crippen LogP contribution < -0.4 is 20.7 Å². The summed E-state index contributed by atoms with van der Waals surface area (Å²) in [6.07, 6.45) is 3.74. The van der Waals surface area contributed by atoms with Gasteiger partial charge in [0.25, 0.3) is 0 Å². The lowest BCUT2D eigenvalue weighted by Gasteiger charge is -2.26. The molecule has 8 nitrogen and oxygen atoms in total. The van der Waals surface area contributed by atoms with E-state index in [0.717, 1.165) is 36.1 Å². The molecule has 0 aliphatic carbocycles. The van der Waals surface area contributed by atoms with Gasteiger partial charge >= 0.3 is 0 Å². The minimum absolute atomic E-state index is 0.0486. The van der Waals surface area contributed by atoms with Gasteiger partial charge in [0.05, 0.1) is 12.6 Å². The molecule has 0 saturated carbocycles. The molecule has 0 saturated heterocycles. The van der Waals surface area contributed by atoms with Crippen LogP contribution in [0.15, 0.2) is 48.5 Å². The number of halogens is 1. The molecule has 0 aliphatic heterocycles. The predicted molar refractivity (Wildman–Crippen MR) is 153 cm³/mol. The maximum atomic E-state index is 12.8. The van der Waals surface area contributed by atoms with Gasteiger partial charge in [-0.2, -0.15) is 0 Å². The number of para-hydroxylation sites is 1. The highest BCUT2D eigenvalue weighted by Crippen LogP contribution is 2.20. The Labute approximate surface area is 232 Å². The van der Waals surface area contributed by atoms with Gasteiger partial charge in [0.2, 0.25) is 18.2 Å². The fraction of sp³-hybridized carbons (Fsp3) is 0.500. The molecule has 0 fully saturated rings. The van der Waals surface area contributed by atoms with Gasteiger partial charge < -0.3 is 25.6 Å². The second kappa shape index (κ2) is 19.6. The summed E-state index contributed by atoms with van der Waals surface area (Å²) in [6.45, 7) is 9.49. The van der Waals surface area contributed by atoms with Gasteiger partial charge in [0.15, 0.2) is 0 Å². The monoisotopic (exact) mass is 544 g/mol. The highest BCUT2D eigenvalue weighted by atomic mass is 19.1. The van der Waals surface area contributed by atoms with Crippen LogP contribution in [0.2, 0.25) is 0 Å². The molecule has 3 N–H and O–H groups in total. The third kappa shape index (κ3) is 14.3. The van der Waals surface area contributed by atoms with E-state index in [1.54, 1.807) is 19.2 Å². The Bertz CT molecular complexity index is 966. The average molecular weight is 545 g/mol. The molecule has 2 atom stereocenters.